The van der Waals surface area contributed by atoms with E-state index in [1.807, 2.05) is 18.2 Å². The summed E-state index contributed by atoms with van der Waals surface area (Å²) in [5, 5.41) is 19.9. The molecular formula is C26H31N3O2. The molecule has 2 atom stereocenters. The number of fused-ring (bicyclic) bond motifs is 1. The van der Waals surface area contributed by atoms with Crippen molar-refractivity contribution in [3.05, 3.63) is 71.5 Å². The number of hydrogen-bond acceptors (Lipinski definition) is 4. The number of allylic oxidation sites excluding steroid dienone is 3. The van der Waals surface area contributed by atoms with Gasteiger partial charge in [0.2, 0.25) is 0 Å². The molecule has 5 nitrogen and oxygen atoms in total. The average molecular weight is 418 g/mol. The summed E-state index contributed by atoms with van der Waals surface area (Å²) in [6, 6.07) is 8.00. The summed E-state index contributed by atoms with van der Waals surface area (Å²) in [4.78, 5) is 16.1. The van der Waals surface area contributed by atoms with Crippen molar-refractivity contribution in [3.63, 3.8) is 0 Å². The molecule has 0 spiro atoms. The first-order valence-corrected chi connectivity index (χ1v) is 10.5. The topological polar surface area (TPSA) is 67.6 Å². The van der Waals surface area contributed by atoms with E-state index < -0.39 is 17.9 Å². The van der Waals surface area contributed by atoms with Crippen LogP contribution in [0.2, 0.25) is 0 Å². The molecule has 0 saturated heterocycles. The average Bonchev–Trinajstić information content (AvgIpc) is 2.78. The number of nitriles is 1. The van der Waals surface area contributed by atoms with Crippen LogP contribution in [0.15, 0.2) is 54.8 Å². The monoisotopic (exact) mass is 417 g/mol. The van der Waals surface area contributed by atoms with Crippen LogP contribution in [-0.2, 0) is 17.8 Å². The Hall–Kier alpha value is -3.28. The molecule has 1 aromatic carbocycles. The molecule has 2 rings (SSSR count). The molecule has 1 amide bonds. The van der Waals surface area contributed by atoms with Crippen LogP contribution >= 0.6 is 0 Å². The third-order valence-electron chi connectivity index (χ3n) is 5.40. The van der Waals surface area contributed by atoms with Gasteiger partial charge in [-0.3, -0.25) is 4.79 Å². The lowest BCUT2D eigenvalue weighted by Crippen LogP contribution is -2.45. The van der Waals surface area contributed by atoms with Gasteiger partial charge in [0.15, 0.2) is 6.10 Å². The molecule has 0 aromatic heterocycles. The Morgan fingerprint density at radius 2 is 2.13 bits per heavy atom. The predicted octanol–water partition coefficient (Wildman–Crippen LogP) is 3.41. The van der Waals surface area contributed by atoms with E-state index in [1.165, 1.54) is 0 Å². The highest BCUT2D eigenvalue weighted by atomic mass is 16.3. The Kier molecular flexibility index (Phi) is 8.67. The van der Waals surface area contributed by atoms with Gasteiger partial charge in [-0.05, 0) is 36.1 Å². The summed E-state index contributed by atoms with van der Waals surface area (Å²) in [6.45, 7) is 10.7. The molecular weight excluding hydrogens is 386 g/mol. The molecule has 1 aliphatic rings. The van der Waals surface area contributed by atoms with Crippen LogP contribution in [0.3, 0.4) is 0 Å². The van der Waals surface area contributed by atoms with Gasteiger partial charge in [0.25, 0.3) is 5.91 Å². The number of aliphatic hydroxyl groups is 1. The van der Waals surface area contributed by atoms with Crippen LogP contribution in [0.4, 0.5) is 0 Å². The summed E-state index contributed by atoms with van der Waals surface area (Å²) in [6.07, 6.45) is 5.15. The first kappa shape index (κ1) is 24.0. The molecule has 0 bridgehead atoms. The summed E-state index contributed by atoms with van der Waals surface area (Å²) >= 11 is 0. The van der Waals surface area contributed by atoms with Crippen molar-refractivity contribution in [1.29, 1.82) is 5.26 Å². The first-order chi connectivity index (χ1) is 14.8. The Labute approximate surface area is 186 Å². The SMILES string of the molecule is C=C/C(C#Cc1ccc2c(c1)CCN(C(=O)C(O)C(C#N)C(=C)N(C)C)C2)=C\CCC. The normalized spacial score (nSPS) is 14.9. The number of amides is 1. The summed E-state index contributed by atoms with van der Waals surface area (Å²) < 4.78 is 0. The molecule has 1 heterocycles. The number of aliphatic hydroxyl groups excluding tert-OH is 1. The molecule has 1 N–H and O–H groups in total. The fraction of sp³-hybridized carbons (Fsp3) is 0.385. The van der Waals surface area contributed by atoms with Crippen LogP contribution < -0.4 is 0 Å². The summed E-state index contributed by atoms with van der Waals surface area (Å²) in [5.41, 5.74) is 4.45. The third-order valence-corrected chi connectivity index (χ3v) is 5.40. The zero-order chi connectivity index (χ0) is 23.0. The van der Waals surface area contributed by atoms with Gasteiger partial charge in [0, 0.05) is 44.0 Å². The molecule has 0 radical (unpaired) electrons. The van der Waals surface area contributed by atoms with Gasteiger partial charge in [0.1, 0.15) is 5.92 Å². The number of carbonyl (C=O) groups is 1. The third kappa shape index (κ3) is 6.10. The van der Waals surface area contributed by atoms with Gasteiger partial charge in [-0.15, -0.1) is 0 Å². The molecule has 0 saturated carbocycles. The van der Waals surface area contributed by atoms with Gasteiger partial charge >= 0.3 is 0 Å². The first-order valence-electron chi connectivity index (χ1n) is 10.5. The standard InChI is InChI=1S/C26H31N3O2/c1-6-8-9-20(7-2)10-11-21-12-13-23-18-29(15-14-22(23)16-21)26(31)25(30)24(17-27)19(3)28(4)5/h7,9,12-13,16,24-25,30H,2-3,6,8,14-15,18H2,1,4-5H3/b20-9+. The van der Waals surface area contributed by atoms with Crippen molar-refractivity contribution >= 4 is 5.91 Å². The highest BCUT2D eigenvalue weighted by Gasteiger charge is 2.33. The summed E-state index contributed by atoms with van der Waals surface area (Å²) in [5.74, 6) is 4.94. The van der Waals surface area contributed by atoms with Gasteiger partial charge in [-0.2, -0.15) is 5.26 Å². The van der Waals surface area contributed by atoms with Crippen molar-refractivity contribution in [1.82, 2.24) is 9.80 Å². The zero-order valence-electron chi connectivity index (χ0n) is 18.7. The number of hydrogen-bond donors (Lipinski definition) is 1. The van der Waals surface area contributed by atoms with Crippen molar-refractivity contribution in [2.75, 3.05) is 20.6 Å². The fourth-order valence-corrected chi connectivity index (χ4v) is 3.38. The number of unbranched alkanes of at least 4 members (excludes halogenated alkanes) is 1. The van der Waals surface area contributed by atoms with Gasteiger partial charge in [-0.25, -0.2) is 0 Å². The minimum atomic E-state index is -1.43. The number of nitrogens with zero attached hydrogens (tertiary/aromatic N) is 3. The Bertz CT molecular complexity index is 973. The Morgan fingerprint density at radius 1 is 1.39 bits per heavy atom. The lowest BCUT2D eigenvalue weighted by Gasteiger charge is -2.32. The Morgan fingerprint density at radius 3 is 2.74 bits per heavy atom. The maximum absolute atomic E-state index is 12.8. The van der Waals surface area contributed by atoms with Crippen molar-refractivity contribution < 1.29 is 9.90 Å². The zero-order valence-corrected chi connectivity index (χ0v) is 18.7. The van der Waals surface area contributed by atoms with E-state index in [-0.39, 0.29) is 0 Å². The van der Waals surface area contributed by atoms with E-state index in [0.29, 0.717) is 25.2 Å². The highest BCUT2D eigenvalue weighted by Crippen LogP contribution is 2.23. The molecule has 0 fully saturated rings. The summed E-state index contributed by atoms with van der Waals surface area (Å²) in [7, 11) is 3.47. The van der Waals surface area contributed by atoms with E-state index in [2.05, 4.69) is 44.1 Å². The van der Waals surface area contributed by atoms with Crippen molar-refractivity contribution in [3.8, 4) is 17.9 Å². The second kappa shape index (κ2) is 11.2. The number of benzene rings is 1. The fourth-order valence-electron chi connectivity index (χ4n) is 3.38. The van der Waals surface area contributed by atoms with Crippen LogP contribution in [0.5, 0.6) is 0 Å². The second-order valence-corrected chi connectivity index (χ2v) is 7.83. The van der Waals surface area contributed by atoms with Gasteiger partial charge in [-0.1, -0.05) is 56.6 Å². The van der Waals surface area contributed by atoms with E-state index in [9.17, 15) is 15.2 Å². The lowest BCUT2D eigenvalue weighted by molar-refractivity contribution is -0.142. The van der Waals surface area contributed by atoms with Crippen LogP contribution in [-0.4, -0.2) is 47.6 Å². The van der Waals surface area contributed by atoms with E-state index >= 15 is 0 Å². The Balaban J connectivity index is 2.13. The molecule has 0 aliphatic carbocycles. The molecule has 1 aliphatic heterocycles. The largest absolute Gasteiger partial charge is 0.381 e. The van der Waals surface area contributed by atoms with Crippen LogP contribution in [0.25, 0.3) is 0 Å². The van der Waals surface area contributed by atoms with Crippen LogP contribution in [0.1, 0.15) is 36.5 Å². The number of carbonyl (C=O) groups excluding carboxylic acids is 1. The minimum absolute atomic E-state index is 0.403. The smallest absolute Gasteiger partial charge is 0.253 e. The number of rotatable bonds is 7. The lowest BCUT2D eigenvalue weighted by atomic mass is 9.94. The van der Waals surface area contributed by atoms with Crippen LogP contribution in [0, 0.1) is 29.1 Å². The minimum Gasteiger partial charge on any atom is -0.381 e. The second-order valence-electron chi connectivity index (χ2n) is 7.83. The van der Waals surface area contributed by atoms with E-state index in [1.54, 1.807) is 30.0 Å². The van der Waals surface area contributed by atoms with E-state index in [0.717, 1.165) is 35.1 Å². The van der Waals surface area contributed by atoms with E-state index in [4.69, 9.17) is 0 Å². The maximum Gasteiger partial charge on any atom is 0.253 e. The molecule has 2 unspecified atom stereocenters. The molecule has 5 heteroatoms. The molecule has 1 aromatic rings. The highest BCUT2D eigenvalue weighted by molar-refractivity contribution is 5.82. The predicted molar refractivity (Wildman–Crippen MR) is 124 cm³/mol. The van der Waals surface area contributed by atoms with Crippen molar-refractivity contribution in [2.45, 2.75) is 38.8 Å². The molecule has 162 valence electrons. The van der Waals surface area contributed by atoms with Gasteiger partial charge in [0.05, 0.1) is 6.07 Å². The maximum atomic E-state index is 12.8. The van der Waals surface area contributed by atoms with Crippen molar-refractivity contribution in [2.24, 2.45) is 5.92 Å². The molecule has 31 heavy (non-hydrogen) atoms. The quantitative estimate of drug-likeness (QED) is 0.545. The van der Waals surface area contributed by atoms with Gasteiger partial charge < -0.3 is 14.9 Å².